The lowest BCUT2D eigenvalue weighted by molar-refractivity contribution is -0.140. The Morgan fingerprint density at radius 3 is 2.41 bits per heavy atom. The van der Waals surface area contributed by atoms with Crippen LogP contribution >= 0.6 is 11.6 Å². The van der Waals surface area contributed by atoms with Gasteiger partial charge in [0.05, 0.1) is 22.7 Å². The van der Waals surface area contributed by atoms with Crippen molar-refractivity contribution in [3.05, 3.63) is 92.8 Å². The number of fused-ring (bicyclic) bond motifs is 3. The predicted octanol–water partition coefficient (Wildman–Crippen LogP) is 6.94. The molecule has 4 aromatic rings. The molecule has 2 heterocycles. The first-order valence-corrected chi connectivity index (χ1v) is 12.0. The molecule has 5 rings (SSSR count). The van der Waals surface area contributed by atoms with Gasteiger partial charge in [0.25, 0.3) is 11.8 Å². The molecule has 15 heteroatoms. The van der Waals surface area contributed by atoms with Crippen LogP contribution in [-0.2, 0) is 12.7 Å². The molecule has 2 amide bonds. The van der Waals surface area contributed by atoms with E-state index in [9.17, 15) is 44.7 Å². The number of benzene rings is 3. The van der Waals surface area contributed by atoms with Gasteiger partial charge in [-0.25, -0.2) is 13.8 Å². The highest BCUT2D eigenvalue weighted by atomic mass is 35.5. The zero-order chi connectivity index (χ0) is 30.0. The molecule has 3 aromatic carbocycles. The van der Waals surface area contributed by atoms with Crippen LogP contribution in [0.5, 0.6) is 0 Å². The fourth-order valence-corrected chi connectivity index (χ4v) is 4.95. The highest BCUT2D eigenvalue weighted by Gasteiger charge is 2.39. The Balaban J connectivity index is 1.73. The quantitative estimate of drug-likeness (QED) is 0.249. The van der Waals surface area contributed by atoms with Gasteiger partial charge >= 0.3 is 12.4 Å². The highest BCUT2D eigenvalue weighted by molar-refractivity contribution is 6.31. The number of carbonyl (C=O) groups is 2. The van der Waals surface area contributed by atoms with Crippen LogP contribution in [0.2, 0.25) is 5.02 Å². The van der Waals surface area contributed by atoms with Crippen molar-refractivity contribution in [2.24, 2.45) is 0 Å². The fraction of sp³-hybridized carbons (Fsp3) is 0.192. The van der Waals surface area contributed by atoms with Gasteiger partial charge in [-0.15, -0.1) is 0 Å². The van der Waals surface area contributed by atoms with Gasteiger partial charge in [0.1, 0.15) is 29.5 Å². The summed E-state index contributed by atoms with van der Waals surface area (Å²) in [5, 5.41) is 4.82. The number of carbonyl (C=O) groups excluding carboxylic acids is 2. The van der Waals surface area contributed by atoms with Gasteiger partial charge in [-0.1, -0.05) is 11.6 Å². The maximum Gasteiger partial charge on any atom is 0.416 e. The summed E-state index contributed by atoms with van der Waals surface area (Å²) in [5.41, 5.74) is -3.25. The van der Waals surface area contributed by atoms with E-state index in [0.717, 1.165) is 22.8 Å². The van der Waals surface area contributed by atoms with Crippen LogP contribution in [0.3, 0.4) is 0 Å². The summed E-state index contributed by atoms with van der Waals surface area (Å²) < 4.78 is 109. The van der Waals surface area contributed by atoms with Crippen LogP contribution in [0.15, 0.2) is 42.5 Å². The van der Waals surface area contributed by atoms with Crippen LogP contribution < -0.4 is 10.6 Å². The van der Waals surface area contributed by atoms with E-state index in [1.54, 1.807) is 0 Å². The Kier molecular flexibility index (Phi) is 6.71. The average molecular weight is 603 g/mol. The predicted molar refractivity (Wildman–Crippen MR) is 131 cm³/mol. The van der Waals surface area contributed by atoms with Gasteiger partial charge in [-0.2, -0.15) is 26.3 Å². The molecule has 0 fully saturated rings. The Bertz CT molecular complexity index is 1750. The lowest BCUT2D eigenvalue weighted by Gasteiger charge is -2.19. The van der Waals surface area contributed by atoms with Gasteiger partial charge < -0.3 is 15.2 Å². The summed E-state index contributed by atoms with van der Waals surface area (Å²) in [5.74, 6) is -4.36. The zero-order valence-electron chi connectivity index (χ0n) is 20.4. The van der Waals surface area contributed by atoms with Crippen molar-refractivity contribution in [1.82, 2.24) is 14.9 Å². The van der Waals surface area contributed by atoms with E-state index in [1.807, 2.05) is 0 Å². The number of aryl methyl sites for hydroxylation is 1. The van der Waals surface area contributed by atoms with E-state index in [0.29, 0.717) is 12.1 Å². The van der Waals surface area contributed by atoms with Gasteiger partial charge in [-0.3, -0.25) is 9.59 Å². The highest BCUT2D eigenvalue weighted by Crippen LogP contribution is 2.43. The molecule has 0 saturated heterocycles. The molecule has 0 saturated carbocycles. The first kappa shape index (κ1) is 28.3. The fourth-order valence-electron chi connectivity index (χ4n) is 4.72. The number of nitrogens with one attached hydrogen (secondary N) is 2. The molecule has 2 N–H and O–H groups in total. The first-order chi connectivity index (χ1) is 19.0. The van der Waals surface area contributed by atoms with Crippen molar-refractivity contribution in [2.75, 3.05) is 5.32 Å². The molecule has 41 heavy (non-hydrogen) atoms. The number of amides is 2. The molecule has 0 radical (unpaired) electrons. The minimum atomic E-state index is -4.99. The maximum atomic E-state index is 14.2. The van der Waals surface area contributed by atoms with Crippen LogP contribution in [0, 0.1) is 18.6 Å². The molecule has 0 bridgehead atoms. The number of hydrogen-bond donors (Lipinski definition) is 2. The SMILES string of the molecule is Cc1nc2c3c(c(NC(=O)c4cc(F)cc(C(F)(F)F)c4)cc2n1CC(F)(F)F)[C@H](c1cc(F)ccc1Cl)NC3=O. The number of imidazole rings is 1. The van der Waals surface area contributed by atoms with E-state index in [2.05, 4.69) is 15.6 Å². The molecular weight excluding hydrogens is 588 g/mol. The van der Waals surface area contributed by atoms with Crippen LogP contribution in [0.25, 0.3) is 11.0 Å². The lowest BCUT2D eigenvalue weighted by atomic mass is 9.95. The van der Waals surface area contributed by atoms with E-state index in [1.165, 1.54) is 13.0 Å². The summed E-state index contributed by atoms with van der Waals surface area (Å²) in [6.07, 6.45) is -9.70. The molecule has 214 valence electrons. The standard InChI is InChI=1S/C26H15ClF8N4O2/c1-10-36-22-18(39(10)9-25(30,31)32)8-17(37-23(40)11-4-12(26(33,34)35)6-14(29)5-11)19-20(22)24(41)38-21(19)15-7-13(28)2-3-16(15)27/h2-8,21H,9H2,1H3,(H,37,40)(H,38,41)/t21-/m0/s1. The van der Waals surface area contributed by atoms with Gasteiger partial charge in [0.2, 0.25) is 0 Å². The van der Waals surface area contributed by atoms with Crippen molar-refractivity contribution in [3.8, 4) is 0 Å². The molecule has 1 aliphatic rings. The third-order valence-electron chi connectivity index (χ3n) is 6.41. The largest absolute Gasteiger partial charge is 0.416 e. The molecule has 0 spiro atoms. The van der Waals surface area contributed by atoms with Crippen molar-refractivity contribution in [1.29, 1.82) is 0 Å². The van der Waals surface area contributed by atoms with E-state index in [4.69, 9.17) is 11.6 Å². The third kappa shape index (κ3) is 5.31. The molecular formula is C26H15ClF8N4O2. The van der Waals surface area contributed by atoms with Crippen LogP contribution in [-0.4, -0.2) is 27.5 Å². The lowest BCUT2D eigenvalue weighted by Crippen LogP contribution is -2.21. The third-order valence-corrected chi connectivity index (χ3v) is 6.75. The van der Waals surface area contributed by atoms with Crippen molar-refractivity contribution in [2.45, 2.75) is 31.9 Å². The molecule has 1 aromatic heterocycles. The monoisotopic (exact) mass is 602 g/mol. The molecule has 0 aliphatic carbocycles. The zero-order valence-corrected chi connectivity index (χ0v) is 21.2. The summed E-state index contributed by atoms with van der Waals surface area (Å²) in [7, 11) is 0. The molecule has 1 aliphatic heterocycles. The number of anilines is 1. The number of alkyl halides is 6. The van der Waals surface area contributed by atoms with E-state index < -0.39 is 59.5 Å². The Morgan fingerprint density at radius 2 is 1.76 bits per heavy atom. The van der Waals surface area contributed by atoms with E-state index >= 15 is 0 Å². The summed E-state index contributed by atoms with van der Waals surface area (Å²) in [6.45, 7) is -0.253. The smallest absolute Gasteiger partial charge is 0.341 e. The van der Waals surface area contributed by atoms with Crippen LogP contribution in [0.1, 0.15) is 49.3 Å². The van der Waals surface area contributed by atoms with Crippen molar-refractivity contribution >= 4 is 40.1 Å². The minimum Gasteiger partial charge on any atom is -0.341 e. The summed E-state index contributed by atoms with van der Waals surface area (Å²) in [6, 6.07) is 4.15. The minimum absolute atomic E-state index is 0.0133. The number of nitrogens with zero attached hydrogens (tertiary/aromatic N) is 2. The second-order valence-electron chi connectivity index (χ2n) is 9.19. The van der Waals surface area contributed by atoms with Crippen molar-refractivity contribution in [3.63, 3.8) is 0 Å². The topological polar surface area (TPSA) is 76.0 Å². The van der Waals surface area contributed by atoms with Crippen molar-refractivity contribution < 1.29 is 44.7 Å². The molecule has 6 nitrogen and oxygen atoms in total. The second-order valence-corrected chi connectivity index (χ2v) is 9.60. The summed E-state index contributed by atoms with van der Waals surface area (Å²) in [4.78, 5) is 30.4. The number of hydrogen-bond acceptors (Lipinski definition) is 3. The summed E-state index contributed by atoms with van der Waals surface area (Å²) >= 11 is 6.24. The van der Waals surface area contributed by atoms with Crippen LogP contribution in [0.4, 0.5) is 40.8 Å². The number of aromatic nitrogens is 2. The molecule has 0 unspecified atom stereocenters. The second kappa shape index (κ2) is 9.72. The first-order valence-electron chi connectivity index (χ1n) is 11.6. The van der Waals surface area contributed by atoms with E-state index in [-0.39, 0.29) is 50.3 Å². The maximum absolute atomic E-state index is 14.2. The van der Waals surface area contributed by atoms with Gasteiger partial charge in [0.15, 0.2) is 0 Å². The van der Waals surface area contributed by atoms with Gasteiger partial charge in [-0.05, 0) is 49.4 Å². The number of halogens is 9. The average Bonchev–Trinajstić information content (AvgIpc) is 3.35. The number of rotatable bonds is 4. The van der Waals surface area contributed by atoms with Gasteiger partial charge in [0, 0.05) is 27.4 Å². The molecule has 1 atom stereocenters. The Labute approximate surface area is 229 Å². The normalized spacial score (nSPS) is 15.3. The Morgan fingerprint density at radius 1 is 1.05 bits per heavy atom. The Hall–Kier alpha value is -4.20.